The first-order chi connectivity index (χ1) is 18.3. The summed E-state index contributed by atoms with van der Waals surface area (Å²) >= 11 is 0. The minimum atomic E-state index is -0.299. The van der Waals surface area contributed by atoms with E-state index in [1.54, 1.807) is 0 Å². The van der Waals surface area contributed by atoms with Crippen LogP contribution in [-0.2, 0) is 16.4 Å². The summed E-state index contributed by atoms with van der Waals surface area (Å²) in [6.07, 6.45) is 2.29. The Morgan fingerprint density at radius 2 is 1.18 bits per heavy atom. The summed E-state index contributed by atoms with van der Waals surface area (Å²) in [6, 6.07) is 33.8. The number of allylic oxidation sites excluding steroid dienone is 2. The third-order valence-corrected chi connectivity index (χ3v) is 8.27. The number of hydrogen-bond acceptors (Lipinski definition) is 0. The molecular weight excluding hydrogens is 470 g/mol. The van der Waals surface area contributed by atoms with Crippen molar-refractivity contribution in [2.24, 2.45) is 0 Å². The highest BCUT2D eigenvalue weighted by Gasteiger charge is 2.32. The highest BCUT2D eigenvalue weighted by Crippen LogP contribution is 2.46. The summed E-state index contributed by atoms with van der Waals surface area (Å²) in [5.74, 6) is 0. The zero-order chi connectivity index (χ0) is 28.2. The Balaban J connectivity index is 1.99. The van der Waals surface area contributed by atoms with Crippen molar-refractivity contribution in [1.82, 2.24) is 4.57 Å². The third-order valence-electron chi connectivity index (χ3n) is 8.27. The van der Waals surface area contributed by atoms with Gasteiger partial charge in [-0.1, -0.05) is 114 Å². The molecule has 0 saturated heterocycles. The van der Waals surface area contributed by atoms with Crippen molar-refractivity contribution in [1.29, 1.82) is 0 Å². The maximum atomic E-state index is 2.61. The summed E-state index contributed by atoms with van der Waals surface area (Å²) < 4.78 is 2.61. The summed E-state index contributed by atoms with van der Waals surface area (Å²) in [4.78, 5) is 0. The van der Waals surface area contributed by atoms with Crippen molar-refractivity contribution >= 4 is 27.4 Å². The molecule has 0 spiro atoms. The van der Waals surface area contributed by atoms with E-state index in [0.29, 0.717) is 0 Å². The monoisotopic (exact) mass is 513 g/mol. The van der Waals surface area contributed by atoms with Gasteiger partial charge < -0.3 is 4.57 Å². The second-order valence-electron chi connectivity index (χ2n) is 13.5. The fourth-order valence-electron chi connectivity index (χ4n) is 6.08. The van der Waals surface area contributed by atoms with Crippen molar-refractivity contribution in [2.45, 2.75) is 78.7 Å². The molecule has 5 aromatic rings. The standard InChI is InChI=1S/C38H43N/c1-10-33(27-19-15-12-16-20-27)38(8,9)39-34-22-21-28(36(2,3)4)23-31(34)32-25-29(37(5,6)7)24-30(35(32)39)26-17-13-11-14-18-26/h10-25H,1-9H3/b33-10-. The van der Waals surface area contributed by atoms with Crippen LogP contribution < -0.4 is 0 Å². The lowest BCUT2D eigenvalue weighted by molar-refractivity contribution is 0.503. The second kappa shape index (κ2) is 9.56. The number of fused-ring (bicyclic) bond motifs is 3. The molecule has 0 atom stereocenters. The lowest BCUT2D eigenvalue weighted by atomic mass is 9.83. The normalized spacial score (nSPS) is 13.4. The maximum Gasteiger partial charge on any atom is 0.0649 e. The molecule has 1 heteroatoms. The van der Waals surface area contributed by atoms with E-state index >= 15 is 0 Å². The number of nitrogens with zero attached hydrogens (tertiary/aromatic N) is 1. The van der Waals surface area contributed by atoms with Crippen LogP contribution in [0.3, 0.4) is 0 Å². The first-order valence-corrected chi connectivity index (χ1v) is 14.3. The van der Waals surface area contributed by atoms with Crippen molar-refractivity contribution in [2.75, 3.05) is 0 Å². The summed E-state index contributed by atoms with van der Waals surface area (Å²) in [7, 11) is 0. The quantitative estimate of drug-likeness (QED) is 0.225. The zero-order valence-electron chi connectivity index (χ0n) is 25.2. The van der Waals surface area contributed by atoms with E-state index in [0.717, 1.165) is 0 Å². The lowest BCUT2D eigenvalue weighted by Gasteiger charge is -2.33. The van der Waals surface area contributed by atoms with Crippen molar-refractivity contribution in [3.05, 3.63) is 114 Å². The Hall–Kier alpha value is -3.58. The molecule has 1 nitrogen and oxygen atoms in total. The molecule has 4 aromatic carbocycles. The Morgan fingerprint density at radius 1 is 0.615 bits per heavy atom. The summed E-state index contributed by atoms with van der Waals surface area (Å²) in [5.41, 5.74) is 10.2. The van der Waals surface area contributed by atoms with E-state index in [4.69, 9.17) is 0 Å². The zero-order valence-corrected chi connectivity index (χ0v) is 25.2. The van der Waals surface area contributed by atoms with Gasteiger partial charge in [-0.15, -0.1) is 0 Å². The van der Waals surface area contributed by atoms with Crippen LogP contribution in [0.4, 0.5) is 0 Å². The van der Waals surface area contributed by atoms with Crippen molar-refractivity contribution < 1.29 is 0 Å². The molecule has 1 heterocycles. The van der Waals surface area contributed by atoms with Crippen LogP contribution >= 0.6 is 0 Å². The molecule has 0 radical (unpaired) electrons. The van der Waals surface area contributed by atoms with E-state index in [-0.39, 0.29) is 16.4 Å². The van der Waals surface area contributed by atoms with Gasteiger partial charge in [0.2, 0.25) is 0 Å². The summed E-state index contributed by atoms with van der Waals surface area (Å²) in [5, 5.41) is 2.66. The molecule has 1 aromatic heterocycles. The van der Waals surface area contributed by atoms with Gasteiger partial charge >= 0.3 is 0 Å². The average molecular weight is 514 g/mol. The molecule has 0 bridgehead atoms. The number of hydrogen-bond donors (Lipinski definition) is 0. The van der Waals surface area contributed by atoms with Crippen LogP contribution in [0.15, 0.2) is 97.1 Å². The number of benzene rings is 4. The Morgan fingerprint density at radius 3 is 1.74 bits per heavy atom. The minimum Gasteiger partial charge on any atom is -0.330 e. The Bertz CT molecular complexity index is 1660. The highest BCUT2D eigenvalue weighted by molar-refractivity contribution is 6.14. The van der Waals surface area contributed by atoms with Crippen molar-refractivity contribution in [3.8, 4) is 11.1 Å². The molecule has 5 rings (SSSR count). The van der Waals surface area contributed by atoms with Gasteiger partial charge in [0.05, 0.1) is 11.1 Å². The number of aromatic nitrogens is 1. The van der Waals surface area contributed by atoms with Gasteiger partial charge in [0, 0.05) is 21.9 Å². The van der Waals surface area contributed by atoms with Gasteiger partial charge in [-0.05, 0) is 83.7 Å². The predicted molar refractivity (Wildman–Crippen MR) is 172 cm³/mol. The van der Waals surface area contributed by atoms with Gasteiger partial charge in [-0.25, -0.2) is 0 Å². The Kier molecular flexibility index (Phi) is 6.62. The van der Waals surface area contributed by atoms with Gasteiger partial charge in [0.1, 0.15) is 0 Å². The van der Waals surface area contributed by atoms with E-state index in [2.05, 4.69) is 164 Å². The van der Waals surface area contributed by atoms with E-state index < -0.39 is 0 Å². The SMILES string of the molecule is C/C=C(/c1ccccc1)C(C)(C)n1c2ccc(C(C)(C)C)cc2c2cc(C(C)(C)C)cc(-c3ccccc3)c21. The molecule has 0 unspecified atom stereocenters. The minimum absolute atomic E-state index is 0.0296. The predicted octanol–water partition coefficient (Wildman–Crippen LogP) is 10.9. The fourth-order valence-corrected chi connectivity index (χ4v) is 6.08. The van der Waals surface area contributed by atoms with Gasteiger partial charge in [-0.3, -0.25) is 0 Å². The van der Waals surface area contributed by atoms with E-state index in [9.17, 15) is 0 Å². The van der Waals surface area contributed by atoms with Crippen LogP contribution in [0.1, 0.15) is 79.0 Å². The van der Waals surface area contributed by atoms with Crippen LogP contribution in [0.2, 0.25) is 0 Å². The van der Waals surface area contributed by atoms with E-state index in [1.165, 1.54) is 55.2 Å². The largest absolute Gasteiger partial charge is 0.330 e. The van der Waals surface area contributed by atoms with Crippen LogP contribution in [0, 0.1) is 0 Å². The molecule has 200 valence electrons. The highest BCUT2D eigenvalue weighted by atomic mass is 15.1. The van der Waals surface area contributed by atoms with Crippen LogP contribution in [0.5, 0.6) is 0 Å². The number of rotatable bonds is 4. The molecule has 0 N–H and O–H groups in total. The van der Waals surface area contributed by atoms with Crippen LogP contribution in [-0.4, -0.2) is 4.57 Å². The molecule has 0 amide bonds. The fraction of sp³-hybridized carbons (Fsp3) is 0.316. The molecule has 0 saturated carbocycles. The lowest BCUT2D eigenvalue weighted by Crippen LogP contribution is -2.28. The van der Waals surface area contributed by atoms with Gasteiger partial charge in [-0.2, -0.15) is 0 Å². The van der Waals surface area contributed by atoms with Gasteiger partial charge in [0.15, 0.2) is 0 Å². The molecule has 0 aliphatic heterocycles. The van der Waals surface area contributed by atoms with E-state index in [1.807, 2.05) is 0 Å². The third kappa shape index (κ3) is 4.73. The second-order valence-corrected chi connectivity index (χ2v) is 13.5. The molecule has 0 aliphatic carbocycles. The van der Waals surface area contributed by atoms with Crippen molar-refractivity contribution in [3.63, 3.8) is 0 Å². The molecule has 0 aliphatic rings. The first kappa shape index (κ1) is 27.0. The molecule has 39 heavy (non-hydrogen) atoms. The topological polar surface area (TPSA) is 4.93 Å². The molecular formula is C38H43N. The average Bonchev–Trinajstić information content (AvgIpc) is 3.23. The first-order valence-electron chi connectivity index (χ1n) is 14.3. The summed E-state index contributed by atoms with van der Waals surface area (Å²) in [6.45, 7) is 20.8. The molecule has 0 fully saturated rings. The maximum absolute atomic E-state index is 2.61. The van der Waals surface area contributed by atoms with Crippen LogP contribution in [0.25, 0.3) is 38.5 Å². The smallest absolute Gasteiger partial charge is 0.0649 e. The Labute approximate surface area is 235 Å². The van der Waals surface area contributed by atoms with Gasteiger partial charge in [0.25, 0.3) is 0 Å².